The second-order valence-electron chi connectivity index (χ2n) is 3.24. The summed E-state index contributed by atoms with van der Waals surface area (Å²) in [6.07, 6.45) is 0.663. The van der Waals surface area contributed by atoms with Crippen molar-refractivity contribution in [2.75, 3.05) is 13.1 Å². The second kappa shape index (κ2) is 4.06. The van der Waals surface area contributed by atoms with Crippen LogP contribution in [0.3, 0.4) is 0 Å². The predicted molar refractivity (Wildman–Crippen MR) is 56.0 cm³/mol. The van der Waals surface area contributed by atoms with Crippen molar-refractivity contribution in [1.82, 2.24) is 9.88 Å². The minimum Gasteiger partial charge on any atom is -0.471 e. The number of carboxylic acid groups (broad SMARTS) is 1. The van der Waals surface area contributed by atoms with Crippen molar-refractivity contribution in [1.29, 1.82) is 0 Å². The summed E-state index contributed by atoms with van der Waals surface area (Å²) in [6, 6.07) is 3.57. The first kappa shape index (κ1) is 10.2. The number of rotatable bonds is 2. The quantitative estimate of drug-likeness (QED) is 0.888. The van der Waals surface area contributed by atoms with Gasteiger partial charge in [0.25, 0.3) is 0 Å². The molecular weight excluding hydrogens is 264 g/mol. The van der Waals surface area contributed by atoms with Gasteiger partial charge >= 0.3 is 6.09 Å². The molecule has 5 nitrogen and oxygen atoms in total. The highest BCUT2D eigenvalue weighted by Gasteiger charge is 2.32. The van der Waals surface area contributed by atoms with E-state index in [9.17, 15) is 4.79 Å². The summed E-state index contributed by atoms with van der Waals surface area (Å²) in [6.45, 7) is 0.820. The van der Waals surface area contributed by atoms with Crippen molar-refractivity contribution in [3.05, 3.63) is 22.8 Å². The molecule has 0 unspecified atom stereocenters. The molecule has 1 aromatic rings. The van der Waals surface area contributed by atoms with Gasteiger partial charge in [0.2, 0.25) is 5.88 Å². The number of hydrogen-bond acceptors (Lipinski definition) is 3. The summed E-state index contributed by atoms with van der Waals surface area (Å²) < 4.78 is 6.33. The molecule has 0 radical (unpaired) electrons. The third kappa shape index (κ3) is 2.38. The standard InChI is InChI=1S/C9H9BrN2O3/c10-6-1-2-8(11-3-6)15-7-4-12(5-7)9(13)14/h1-3,7H,4-5H2,(H,13,14). The number of amides is 1. The lowest BCUT2D eigenvalue weighted by atomic mass is 10.2. The van der Waals surface area contributed by atoms with Crippen LogP contribution in [0.1, 0.15) is 0 Å². The Labute approximate surface area is 94.8 Å². The first-order valence-electron chi connectivity index (χ1n) is 4.41. The molecule has 6 heteroatoms. The Morgan fingerprint density at radius 3 is 2.87 bits per heavy atom. The Kier molecular flexibility index (Phi) is 2.77. The SMILES string of the molecule is O=C(O)N1CC(Oc2ccc(Br)cn2)C1. The molecular formula is C9H9BrN2O3. The zero-order chi connectivity index (χ0) is 10.8. The van der Waals surface area contributed by atoms with E-state index in [1.54, 1.807) is 12.3 Å². The monoisotopic (exact) mass is 272 g/mol. The van der Waals surface area contributed by atoms with Gasteiger partial charge in [0, 0.05) is 16.7 Å². The van der Waals surface area contributed by atoms with Crippen molar-refractivity contribution in [2.45, 2.75) is 6.10 Å². The number of carbonyl (C=O) groups is 1. The van der Waals surface area contributed by atoms with Gasteiger partial charge < -0.3 is 14.7 Å². The van der Waals surface area contributed by atoms with Gasteiger partial charge in [-0.1, -0.05) is 0 Å². The molecule has 80 valence electrons. The fourth-order valence-electron chi connectivity index (χ4n) is 1.27. The minimum absolute atomic E-state index is 0.0743. The van der Waals surface area contributed by atoms with Crippen LogP contribution in [-0.2, 0) is 0 Å². The van der Waals surface area contributed by atoms with Crippen molar-refractivity contribution in [3.8, 4) is 5.88 Å². The van der Waals surface area contributed by atoms with Crippen LogP contribution in [-0.4, -0.2) is 40.3 Å². The van der Waals surface area contributed by atoms with Gasteiger partial charge in [-0.15, -0.1) is 0 Å². The van der Waals surface area contributed by atoms with Crippen LogP contribution in [0.2, 0.25) is 0 Å². The maximum Gasteiger partial charge on any atom is 0.407 e. The molecule has 1 saturated heterocycles. The Hall–Kier alpha value is -1.30. The van der Waals surface area contributed by atoms with Gasteiger partial charge in [-0.05, 0) is 22.0 Å². The van der Waals surface area contributed by atoms with Gasteiger partial charge in [0.1, 0.15) is 6.10 Å². The minimum atomic E-state index is -0.904. The highest BCUT2D eigenvalue weighted by molar-refractivity contribution is 9.10. The largest absolute Gasteiger partial charge is 0.471 e. The normalized spacial score (nSPS) is 15.9. The molecule has 2 rings (SSSR count). The predicted octanol–water partition coefficient (Wildman–Crippen LogP) is 1.59. The zero-order valence-corrected chi connectivity index (χ0v) is 9.35. The van der Waals surface area contributed by atoms with Crippen LogP contribution in [0, 0.1) is 0 Å². The maximum absolute atomic E-state index is 10.5. The fourth-order valence-corrected chi connectivity index (χ4v) is 1.51. The highest BCUT2D eigenvalue weighted by Crippen LogP contribution is 2.17. The summed E-state index contributed by atoms with van der Waals surface area (Å²) in [4.78, 5) is 15.8. The zero-order valence-electron chi connectivity index (χ0n) is 7.76. The molecule has 0 bridgehead atoms. The number of hydrogen-bond donors (Lipinski definition) is 1. The Balaban J connectivity index is 1.85. The summed E-state index contributed by atoms with van der Waals surface area (Å²) in [5.74, 6) is 0.522. The van der Waals surface area contributed by atoms with Gasteiger partial charge in [-0.2, -0.15) is 0 Å². The summed E-state index contributed by atoms with van der Waals surface area (Å²) >= 11 is 3.27. The molecule has 1 aliphatic rings. The topological polar surface area (TPSA) is 62.7 Å². The molecule has 2 heterocycles. The van der Waals surface area contributed by atoms with E-state index in [0.717, 1.165) is 4.47 Å². The Bertz CT molecular complexity index is 362. The Morgan fingerprint density at radius 2 is 2.33 bits per heavy atom. The van der Waals surface area contributed by atoms with Crippen molar-refractivity contribution in [2.24, 2.45) is 0 Å². The van der Waals surface area contributed by atoms with Gasteiger partial charge in [-0.25, -0.2) is 9.78 Å². The molecule has 15 heavy (non-hydrogen) atoms. The van der Waals surface area contributed by atoms with Crippen LogP contribution >= 0.6 is 15.9 Å². The molecule has 1 N–H and O–H groups in total. The Morgan fingerprint density at radius 1 is 1.60 bits per heavy atom. The van der Waals surface area contributed by atoms with Crippen molar-refractivity contribution in [3.63, 3.8) is 0 Å². The molecule has 0 aromatic carbocycles. The summed E-state index contributed by atoms with van der Waals surface area (Å²) in [7, 11) is 0. The fraction of sp³-hybridized carbons (Fsp3) is 0.333. The smallest absolute Gasteiger partial charge is 0.407 e. The number of aromatic nitrogens is 1. The molecule has 0 atom stereocenters. The van der Waals surface area contributed by atoms with E-state index in [-0.39, 0.29) is 6.10 Å². The third-order valence-corrected chi connectivity index (χ3v) is 2.58. The molecule has 0 saturated carbocycles. The lowest BCUT2D eigenvalue weighted by molar-refractivity contribution is 0.0227. The van der Waals surface area contributed by atoms with Crippen LogP contribution in [0.5, 0.6) is 5.88 Å². The summed E-state index contributed by atoms with van der Waals surface area (Å²) in [5, 5.41) is 8.60. The lowest BCUT2D eigenvalue weighted by Gasteiger charge is -2.36. The first-order valence-corrected chi connectivity index (χ1v) is 5.20. The maximum atomic E-state index is 10.5. The number of ether oxygens (including phenoxy) is 1. The molecule has 0 aliphatic carbocycles. The first-order chi connectivity index (χ1) is 7.15. The third-order valence-electron chi connectivity index (χ3n) is 2.11. The lowest BCUT2D eigenvalue weighted by Crippen LogP contribution is -2.55. The molecule has 0 spiro atoms. The highest BCUT2D eigenvalue weighted by atomic mass is 79.9. The van der Waals surface area contributed by atoms with E-state index in [4.69, 9.17) is 9.84 Å². The molecule has 1 fully saturated rings. The van der Waals surface area contributed by atoms with E-state index >= 15 is 0 Å². The van der Waals surface area contributed by atoms with Gasteiger partial charge in [-0.3, -0.25) is 0 Å². The second-order valence-corrected chi connectivity index (χ2v) is 4.16. The number of likely N-dealkylation sites (tertiary alicyclic amines) is 1. The molecule has 1 amide bonds. The number of pyridine rings is 1. The van der Waals surface area contributed by atoms with Crippen molar-refractivity contribution >= 4 is 22.0 Å². The average Bonchev–Trinajstić information content (AvgIpc) is 2.13. The van der Waals surface area contributed by atoms with Crippen LogP contribution in [0.25, 0.3) is 0 Å². The van der Waals surface area contributed by atoms with E-state index < -0.39 is 6.09 Å². The van der Waals surface area contributed by atoms with Crippen LogP contribution < -0.4 is 4.74 Å². The van der Waals surface area contributed by atoms with Crippen LogP contribution in [0.15, 0.2) is 22.8 Å². The van der Waals surface area contributed by atoms with E-state index in [1.165, 1.54) is 4.90 Å². The van der Waals surface area contributed by atoms with E-state index in [1.807, 2.05) is 6.07 Å². The summed E-state index contributed by atoms with van der Waals surface area (Å²) in [5.41, 5.74) is 0. The average molecular weight is 273 g/mol. The number of halogens is 1. The van der Waals surface area contributed by atoms with Gasteiger partial charge in [0.15, 0.2) is 0 Å². The van der Waals surface area contributed by atoms with E-state index in [2.05, 4.69) is 20.9 Å². The van der Waals surface area contributed by atoms with Gasteiger partial charge in [0.05, 0.1) is 13.1 Å². The van der Waals surface area contributed by atoms with Crippen LogP contribution in [0.4, 0.5) is 4.79 Å². The van der Waals surface area contributed by atoms with Crippen molar-refractivity contribution < 1.29 is 14.6 Å². The molecule has 1 aromatic heterocycles. The number of nitrogens with zero attached hydrogens (tertiary/aromatic N) is 2. The van der Waals surface area contributed by atoms with E-state index in [0.29, 0.717) is 19.0 Å². The molecule has 1 aliphatic heterocycles.